The number of fused-ring (bicyclic) bond motifs is 10. The Labute approximate surface area is 254 Å². The molecular weight excluding hydrogens is 572 g/mol. The molecule has 0 saturated carbocycles. The molecule has 0 amide bonds. The number of hydrogen-bond acceptors (Lipinski definition) is 0. The molecule has 0 fully saturated rings. The molecule has 0 aromatic heterocycles. The van der Waals surface area contributed by atoms with Crippen LogP contribution in [0.15, 0.2) is 102 Å². The van der Waals surface area contributed by atoms with Gasteiger partial charge < -0.3 is 0 Å². The third kappa shape index (κ3) is 3.47. The van der Waals surface area contributed by atoms with Crippen molar-refractivity contribution in [2.24, 2.45) is 0 Å². The van der Waals surface area contributed by atoms with Gasteiger partial charge in [-0.25, -0.2) is 0 Å². The highest BCUT2D eigenvalue weighted by Crippen LogP contribution is 2.48. The Morgan fingerprint density at radius 1 is 0.333 bits per heavy atom. The summed E-state index contributed by atoms with van der Waals surface area (Å²) < 4.78 is 1.15. The Morgan fingerprint density at radius 2 is 0.690 bits per heavy atom. The van der Waals surface area contributed by atoms with Crippen molar-refractivity contribution in [2.45, 2.75) is 34.6 Å². The average molecular weight is 604 g/mol. The zero-order chi connectivity index (χ0) is 28.9. The summed E-state index contributed by atoms with van der Waals surface area (Å²) in [5, 5.41) is 15.8. The van der Waals surface area contributed by atoms with Crippen LogP contribution in [-0.2, 0) is 0 Å². The summed E-state index contributed by atoms with van der Waals surface area (Å²) in [5.41, 5.74) is 9.15. The molecule has 0 aliphatic heterocycles. The fraction of sp³-hybridized carbons (Fsp3) is 0.122. The molecule has 0 radical (unpaired) electrons. The lowest BCUT2D eigenvalue weighted by Gasteiger charge is -2.21. The maximum atomic E-state index is 4.07. The van der Waals surface area contributed by atoms with Gasteiger partial charge in [0.1, 0.15) is 0 Å². The molecule has 8 rings (SSSR count). The maximum Gasteiger partial charge on any atom is 0.0266 e. The van der Waals surface area contributed by atoms with Gasteiger partial charge in [0.2, 0.25) is 0 Å². The SMILES string of the molecule is Cc1cccc2c1cc(-c1cc3c(C)cccc3c3c(Br)cc4c(C)cccc4c13)c1c3cccc(C)c3cc(C)c21. The molecule has 0 atom stereocenters. The van der Waals surface area contributed by atoms with Crippen LogP contribution in [0.4, 0.5) is 0 Å². The Hall–Kier alpha value is -4.20. The molecule has 0 nitrogen and oxygen atoms in total. The van der Waals surface area contributed by atoms with Gasteiger partial charge in [-0.1, -0.05) is 94.8 Å². The van der Waals surface area contributed by atoms with E-state index < -0.39 is 0 Å². The van der Waals surface area contributed by atoms with E-state index in [4.69, 9.17) is 0 Å². The summed E-state index contributed by atoms with van der Waals surface area (Å²) in [6, 6.07) is 36.7. The van der Waals surface area contributed by atoms with E-state index in [9.17, 15) is 0 Å². The zero-order valence-electron chi connectivity index (χ0n) is 24.6. The van der Waals surface area contributed by atoms with E-state index in [1.807, 2.05) is 0 Å². The predicted molar refractivity (Wildman–Crippen MR) is 188 cm³/mol. The van der Waals surface area contributed by atoms with Crippen LogP contribution in [0.1, 0.15) is 27.8 Å². The van der Waals surface area contributed by atoms with Crippen LogP contribution in [0.25, 0.3) is 75.8 Å². The molecule has 0 saturated heterocycles. The lowest BCUT2D eigenvalue weighted by molar-refractivity contribution is 1.50. The molecule has 0 aliphatic rings. The second kappa shape index (κ2) is 9.15. The lowest BCUT2D eigenvalue weighted by atomic mass is 9.82. The van der Waals surface area contributed by atoms with Crippen molar-refractivity contribution in [3.05, 3.63) is 129 Å². The number of hydrogen-bond donors (Lipinski definition) is 0. The molecule has 0 N–H and O–H groups in total. The quantitative estimate of drug-likeness (QED) is 0.164. The molecule has 1 heteroatoms. The smallest absolute Gasteiger partial charge is 0.0266 e. The Balaban J connectivity index is 1.74. The normalized spacial score (nSPS) is 12.0. The monoisotopic (exact) mass is 602 g/mol. The summed E-state index contributed by atoms with van der Waals surface area (Å²) >= 11 is 4.07. The van der Waals surface area contributed by atoms with E-state index in [2.05, 4.69) is 148 Å². The van der Waals surface area contributed by atoms with Crippen molar-refractivity contribution >= 4 is 80.6 Å². The minimum absolute atomic E-state index is 1.15. The zero-order valence-corrected chi connectivity index (χ0v) is 26.2. The molecule has 42 heavy (non-hydrogen) atoms. The van der Waals surface area contributed by atoms with Crippen LogP contribution in [0.2, 0.25) is 0 Å². The second-order valence-corrected chi connectivity index (χ2v) is 12.9. The van der Waals surface area contributed by atoms with E-state index >= 15 is 0 Å². The van der Waals surface area contributed by atoms with Gasteiger partial charge in [0.15, 0.2) is 0 Å². The molecule has 202 valence electrons. The first-order chi connectivity index (χ1) is 20.3. The van der Waals surface area contributed by atoms with Crippen molar-refractivity contribution in [3.8, 4) is 11.1 Å². The molecular formula is C41H31Br. The van der Waals surface area contributed by atoms with Gasteiger partial charge in [-0.15, -0.1) is 0 Å². The number of aryl methyl sites for hydroxylation is 5. The fourth-order valence-corrected chi connectivity index (χ4v) is 8.10. The lowest BCUT2D eigenvalue weighted by Crippen LogP contribution is -1.95. The minimum Gasteiger partial charge on any atom is -0.0613 e. The summed E-state index contributed by atoms with van der Waals surface area (Å²) in [5.74, 6) is 0. The first kappa shape index (κ1) is 25.5. The first-order valence-electron chi connectivity index (χ1n) is 14.7. The number of rotatable bonds is 1. The highest BCUT2D eigenvalue weighted by molar-refractivity contribution is 9.10. The summed E-state index contributed by atoms with van der Waals surface area (Å²) in [6.45, 7) is 11.2. The van der Waals surface area contributed by atoms with Crippen molar-refractivity contribution in [1.82, 2.24) is 0 Å². The minimum atomic E-state index is 1.15. The Bertz CT molecular complexity index is 2290. The topological polar surface area (TPSA) is 0 Å². The van der Waals surface area contributed by atoms with Crippen LogP contribution >= 0.6 is 15.9 Å². The van der Waals surface area contributed by atoms with Gasteiger partial charge >= 0.3 is 0 Å². The van der Waals surface area contributed by atoms with E-state index in [0.29, 0.717) is 0 Å². The van der Waals surface area contributed by atoms with Crippen LogP contribution in [-0.4, -0.2) is 0 Å². The third-order valence-electron chi connectivity index (χ3n) is 9.55. The van der Waals surface area contributed by atoms with E-state index in [-0.39, 0.29) is 0 Å². The van der Waals surface area contributed by atoms with Crippen LogP contribution in [0, 0.1) is 34.6 Å². The van der Waals surface area contributed by atoms with Crippen molar-refractivity contribution in [3.63, 3.8) is 0 Å². The Morgan fingerprint density at radius 3 is 1.17 bits per heavy atom. The largest absolute Gasteiger partial charge is 0.0613 e. The van der Waals surface area contributed by atoms with Crippen molar-refractivity contribution in [2.75, 3.05) is 0 Å². The van der Waals surface area contributed by atoms with Gasteiger partial charge in [0.25, 0.3) is 0 Å². The highest BCUT2D eigenvalue weighted by Gasteiger charge is 2.21. The summed E-state index contributed by atoms with van der Waals surface area (Å²) in [4.78, 5) is 0. The van der Waals surface area contributed by atoms with Gasteiger partial charge in [0.05, 0.1) is 0 Å². The van der Waals surface area contributed by atoms with Crippen molar-refractivity contribution in [1.29, 1.82) is 0 Å². The molecule has 8 aromatic rings. The molecule has 0 unspecified atom stereocenters. The first-order valence-corrected chi connectivity index (χ1v) is 15.5. The molecule has 0 heterocycles. The van der Waals surface area contributed by atoms with Crippen molar-refractivity contribution < 1.29 is 0 Å². The maximum absolute atomic E-state index is 4.07. The fourth-order valence-electron chi connectivity index (χ4n) is 7.46. The third-order valence-corrected chi connectivity index (χ3v) is 10.2. The van der Waals surface area contributed by atoms with Gasteiger partial charge in [-0.05, 0) is 151 Å². The highest BCUT2D eigenvalue weighted by atomic mass is 79.9. The average Bonchev–Trinajstić information content (AvgIpc) is 2.98. The Kier molecular flexibility index (Phi) is 5.56. The molecule has 8 aromatic carbocycles. The molecule has 0 spiro atoms. The second-order valence-electron chi connectivity index (χ2n) is 12.1. The van der Waals surface area contributed by atoms with Crippen LogP contribution in [0.3, 0.4) is 0 Å². The summed E-state index contributed by atoms with van der Waals surface area (Å²) in [6.07, 6.45) is 0. The standard InChI is InChI=1S/C41H31Br/c1-22-10-7-15-28-31(22)18-26(5)38-27-14-6-11-23(2)32(27)19-35(39(28)38)36-20-33-24(3)12-9-17-30(33)41-37(42)21-34-25(4)13-8-16-29(34)40(36)41/h6-21H,1-5H3. The van der Waals surface area contributed by atoms with Crippen LogP contribution in [0.5, 0.6) is 0 Å². The summed E-state index contributed by atoms with van der Waals surface area (Å²) in [7, 11) is 0. The predicted octanol–water partition coefficient (Wildman–Crippen LogP) is 12.6. The molecule has 0 aliphatic carbocycles. The van der Waals surface area contributed by atoms with Crippen LogP contribution < -0.4 is 0 Å². The van der Waals surface area contributed by atoms with E-state index in [1.165, 1.54) is 104 Å². The van der Waals surface area contributed by atoms with Gasteiger partial charge in [-0.3, -0.25) is 0 Å². The van der Waals surface area contributed by atoms with E-state index in [0.717, 1.165) is 4.47 Å². The van der Waals surface area contributed by atoms with E-state index in [1.54, 1.807) is 0 Å². The van der Waals surface area contributed by atoms with Gasteiger partial charge in [0, 0.05) is 9.86 Å². The number of benzene rings is 8. The number of halogens is 1. The molecule has 0 bridgehead atoms. The van der Waals surface area contributed by atoms with Gasteiger partial charge in [-0.2, -0.15) is 0 Å².